The fourth-order valence-corrected chi connectivity index (χ4v) is 5.82. The van der Waals surface area contributed by atoms with E-state index in [0.717, 1.165) is 21.9 Å². The van der Waals surface area contributed by atoms with Crippen LogP contribution in [0.5, 0.6) is 0 Å². The van der Waals surface area contributed by atoms with Crippen LogP contribution in [0.3, 0.4) is 0 Å². The Morgan fingerprint density at radius 2 is 1.43 bits per heavy atom. The molecule has 1 amide bonds. The third-order valence-corrected chi connectivity index (χ3v) is 8.08. The minimum absolute atomic E-state index is 0.153. The fourth-order valence-electron chi connectivity index (χ4n) is 3.47. The number of halogens is 3. The van der Waals surface area contributed by atoms with Crippen LogP contribution in [0.1, 0.15) is 5.56 Å². The zero-order valence-electron chi connectivity index (χ0n) is 19.2. The van der Waals surface area contributed by atoms with E-state index in [-0.39, 0.29) is 10.6 Å². The van der Waals surface area contributed by atoms with Gasteiger partial charge in [-0.1, -0.05) is 66.4 Å². The second-order valence-corrected chi connectivity index (χ2v) is 10.8. The van der Waals surface area contributed by atoms with Gasteiger partial charge in [-0.2, -0.15) is 13.2 Å². The molecule has 0 aliphatic heterocycles. The number of rotatable bonds is 8. The van der Waals surface area contributed by atoms with Crippen LogP contribution in [-0.4, -0.2) is 20.9 Å². The van der Waals surface area contributed by atoms with Crippen molar-refractivity contribution < 1.29 is 26.4 Å². The first kappa shape index (κ1) is 26.3. The van der Waals surface area contributed by atoms with Crippen LogP contribution in [0, 0.1) is 0 Å². The highest BCUT2D eigenvalue weighted by Gasteiger charge is 2.33. The lowest BCUT2D eigenvalue weighted by Gasteiger charge is -2.25. The first-order valence-corrected chi connectivity index (χ1v) is 13.3. The number of nitrogens with zero attached hydrogens (tertiary/aromatic N) is 1. The van der Waals surface area contributed by atoms with Gasteiger partial charge >= 0.3 is 6.18 Å². The maximum absolute atomic E-state index is 13.5. The van der Waals surface area contributed by atoms with Crippen LogP contribution in [0.2, 0.25) is 0 Å². The molecule has 4 rings (SSSR count). The Labute approximate surface area is 217 Å². The van der Waals surface area contributed by atoms with E-state index in [9.17, 15) is 26.4 Å². The van der Waals surface area contributed by atoms with E-state index in [1.54, 1.807) is 30.3 Å². The first-order chi connectivity index (χ1) is 17.6. The Balaban J connectivity index is 1.66. The lowest BCUT2D eigenvalue weighted by atomic mass is 10.2. The van der Waals surface area contributed by atoms with Gasteiger partial charge in [-0.15, -0.1) is 0 Å². The molecule has 5 nitrogen and oxygen atoms in total. The van der Waals surface area contributed by atoms with Gasteiger partial charge in [0.2, 0.25) is 5.91 Å². The van der Waals surface area contributed by atoms with Crippen molar-refractivity contribution in [1.29, 1.82) is 0 Å². The van der Waals surface area contributed by atoms with E-state index < -0.39 is 34.2 Å². The average Bonchev–Trinajstić information content (AvgIpc) is 2.89. The summed E-state index contributed by atoms with van der Waals surface area (Å²) in [6, 6.07) is 27.6. The molecule has 0 atom stereocenters. The van der Waals surface area contributed by atoms with Gasteiger partial charge < -0.3 is 5.32 Å². The molecule has 0 saturated heterocycles. The van der Waals surface area contributed by atoms with Crippen molar-refractivity contribution >= 4 is 39.1 Å². The molecule has 0 aliphatic rings. The number of hydrogen-bond acceptors (Lipinski definition) is 4. The molecule has 0 heterocycles. The normalized spacial score (nSPS) is 11.6. The third-order valence-electron chi connectivity index (χ3n) is 5.21. The van der Waals surface area contributed by atoms with Crippen molar-refractivity contribution in [2.24, 2.45) is 0 Å². The van der Waals surface area contributed by atoms with Crippen molar-refractivity contribution in [1.82, 2.24) is 0 Å². The van der Waals surface area contributed by atoms with E-state index in [4.69, 9.17) is 0 Å². The Bertz CT molecular complexity index is 1480. The molecule has 4 aromatic rings. The molecule has 10 heteroatoms. The van der Waals surface area contributed by atoms with Crippen molar-refractivity contribution in [3.05, 3.63) is 115 Å². The average molecular weight is 543 g/mol. The molecule has 0 unspecified atom stereocenters. The number of amides is 1. The number of alkyl halides is 3. The summed E-state index contributed by atoms with van der Waals surface area (Å²) in [5.41, 5.74) is -0.855. The van der Waals surface area contributed by atoms with Crippen molar-refractivity contribution in [2.75, 3.05) is 16.2 Å². The predicted octanol–water partition coefficient (Wildman–Crippen LogP) is 6.69. The van der Waals surface area contributed by atoms with Crippen LogP contribution in [0.4, 0.5) is 24.5 Å². The summed E-state index contributed by atoms with van der Waals surface area (Å²) in [7, 11) is -4.36. The smallest absolute Gasteiger partial charge is 0.323 e. The Hall–Kier alpha value is -3.76. The molecule has 0 bridgehead atoms. The van der Waals surface area contributed by atoms with Crippen LogP contribution in [0.15, 0.2) is 124 Å². The summed E-state index contributed by atoms with van der Waals surface area (Å²) in [5, 5.41) is 2.71. The highest BCUT2D eigenvalue weighted by atomic mass is 32.2. The van der Waals surface area contributed by atoms with Gasteiger partial charge in [-0.05, 0) is 54.6 Å². The standard InChI is InChI=1S/C27H21F3N2O3S2/c28-27(29,30)20-10-9-11-21(18-20)32(37(34,35)23-14-5-2-6-15-23)19-26(33)31-24-16-7-8-17-25(24)36-22-12-3-1-4-13-22/h1-18H,19H2,(H,31,33). The van der Waals surface area contributed by atoms with Gasteiger partial charge in [0.1, 0.15) is 6.54 Å². The molecular formula is C27H21F3N2O3S2. The predicted molar refractivity (Wildman–Crippen MR) is 138 cm³/mol. The first-order valence-electron chi connectivity index (χ1n) is 11.0. The van der Waals surface area contributed by atoms with Crippen LogP contribution in [-0.2, 0) is 21.0 Å². The largest absolute Gasteiger partial charge is 0.416 e. The second-order valence-electron chi connectivity index (χ2n) is 7.83. The number of carbonyl (C=O) groups is 1. The van der Waals surface area contributed by atoms with Crippen molar-refractivity contribution in [2.45, 2.75) is 20.9 Å². The second kappa shape index (κ2) is 11.1. The molecule has 1 N–H and O–H groups in total. The van der Waals surface area contributed by atoms with Gasteiger partial charge in [-0.25, -0.2) is 8.42 Å². The monoisotopic (exact) mass is 542 g/mol. The number of sulfonamides is 1. The Morgan fingerprint density at radius 1 is 0.811 bits per heavy atom. The summed E-state index contributed by atoms with van der Waals surface area (Å²) in [4.78, 5) is 14.6. The number of benzene rings is 4. The van der Waals surface area contributed by atoms with Gasteiger partial charge in [-0.3, -0.25) is 9.10 Å². The summed E-state index contributed by atoms with van der Waals surface area (Å²) in [5.74, 6) is -0.710. The highest BCUT2D eigenvalue weighted by Crippen LogP contribution is 2.35. The summed E-state index contributed by atoms with van der Waals surface area (Å²) < 4.78 is 67.7. The number of hydrogen-bond donors (Lipinski definition) is 1. The minimum atomic E-state index is -4.69. The molecule has 0 saturated carbocycles. The maximum Gasteiger partial charge on any atom is 0.416 e. The zero-order chi connectivity index (χ0) is 26.5. The van der Waals surface area contributed by atoms with Gasteiger partial charge in [0, 0.05) is 9.79 Å². The third kappa shape index (κ3) is 6.52. The van der Waals surface area contributed by atoms with Crippen LogP contribution < -0.4 is 9.62 Å². The SMILES string of the molecule is O=C(CN(c1cccc(C(F)(F)F)c1)S(=O)(=O)c1ccccc1)Nc1ccccc1Sc1ccccc1. The highest BCUT2D eigenvalue weighted by molar-refractivity contribution is 7.99. The number of carbonyl (C=O) groups excluding carboxylic acids is 1. The Kier molecular flexibility index (Phi) is 7.89. The van der Waals surface area contributed by atoms with E-state index in [0.29, 0.717) is 16.1 Å². The van der Waals surface area contributed by atoms with Crippen LogP contribution in [0.25, 0.3) is 0 Å². The molecular weight excluding hydrogens is 521 g/mol. The molecule has 0 aromatic heterocycles. The molecule has 0 radical (unpaired) electrons. The van der Waals surface area contributed by atoms with E-state index in [1.807, 2.05) is 30.3 Å². The van der Waals surface area contributed by atoms with E-state index in [1.165, 1.54) is 42.1 Å². The lowest BCUT2D eigenvalue weighted by Crippen LogP contribution is -2.38. The molecule has 190 valence electrons. The molecule has 4 aromatic carbocycles. The van der Waals surface area contributed by atoms with Gasteiger partial charge in [0.15, 0.2) is 0 Å². The topological polar surface area (TPSA) is 66.5 Å². The zero-order valence-corrected chi connectivity index (χ0v) is 20.9. The fraction of sp³-hybridized carbons (Fsp3) is 0.0741. The quantitative estimate of drug-likeness (QED) is 0.269. The van der Waals surface area contributed by atoms with E-state index in [2.05, 4.69) is 5.32 Å². The van der Waals surface area contributed by atoms with Crippen LogP contribution >= 0.6 is 11.8 Å². The molecule has 37 heavy (non-hydrogen) atoms. The summed E-state index contributed by atoms with van der Waals surface area (Å²) >= 11 is 1.41. The summed E-state index contributed by atoms with van der Waals surface area (Å²) in [6.07, 6.45) is -4.69. The van der Waals surface area contributed by atoms with Crippen molar-refractivity contribution in [3.8, 4) is 0 Å². The Morgan fingerprint density at radius 3 is 2.11 bits per heavy atom. The number of anilines is 2. The summed E-state index contributed by atoms with van der Waals surface area (Å²) in [6.45, 7) is -0.733. The lowest BCUT2D eigenvalue weighted by molar-refractivity contribution is -0.137. The maximum atomic E-state index is 13.5. The number of nitrogens with one attached hydrogen (secondary N) is 1. The molecule has 0 aliphatic carbocycles. The van der Waals surface area contributed by atoms with Gasteiger partial charge in [0.05, 0.1) is 21.8 Å². The number of para-hydroxylation sites is 1. The minimum Gasteiger partial charge on any atom is -0.323 e. The molecule has 0 fully saturated rings. The van der Waals surface area contributed by atoms with Crippen molar-refractivity contribution in [3.63, 3.8) is 0 Å². The van der Waals surface area contributed by atoms with Gasteiger partial charge in [0.25, 0.3) is 10.0 Å². The van der Waals surface area contributed by atoms with E-state index >= 15 is 0 Å². The molecule has 0 spiro atoms.